The molecule has 2 aliphatic rings. The van der Waals surface area contributed by atoms with Gasteiger partial charge in [-0.25, -0.2) is 0 Å². The number of unbranched alkanes of at least 4 members (excludes halogenated alkanes) is 21. The number of aliphatic hydroxyl groups is 7. The van der Waals surface area contributed by atoms with Crippen LogP contribution < -0.4 is 0 Å². The lowest BCUT2D eigenvalue weighted by Gasteiger charge is -2.42. The molecular weight excluding hydrogens is 957 g/mol. The molecule has 14 nitrogen and oxygen atoms in total. The molecule has 0 bridgehead atoms. The van der Waals surface area contributed by atoms with Crippen LogP contribution in [-0.4, -0.2) is 142 Å². The summed E-state index contributed by atoms with van der Waals surface area (Å²) in [5, 5.41) is 72.4. The number of esters is 1. The van der Waals surface area contributed by atoms with E-state index in [0.29, 0.717) is 13.0 Å². The van der Waals surface area contributed by atoms with Gasteiger partial charge in [-0.3, -0.25) is 4.79 Å². The number of carbonyl (C=O) groups excluding carboxylic acids is 1. The van der Waals surface area contributed by atoms with Crippen LogP contribution in [0.15, 0.2) is 72.9 Å². The van der Waals surface area contributed by atoms with Crippen LogP contribution in [0.5, 0.6) is 0 Å². The number of hydrogen-bond donors (Lipinski definition) is 7. The van der Waals surface area contributed by atoms with Gasteiger partial charge in [-0.15, -0.1) is 0 Å². The highest BCUT2D eigenvalue weighted by atomic mass is 16.7. The van der Waals surface area contributed by atoms with Gasteiger partial charge in [-0.2, -0.15) is 0 Å². The average Bonchev–Trinajstić information content (AvgIpc) is 3.41. The fourth-order valence-corrected chi connectivity index (χ4v) is 9.01. The Morgan fingerprint density at radius 3 is 1.31 bits per heavy atom. The van der Waals surface area contributed by atoms with Crippen LogP contribution in [0.1, 0.15) is 206 Å². The van der Waals surface area contributed by atoms with Crippen LogP contribution in [0.2, 0.25) is 0 Å². The van der Waals surface area contributed by atoms with Gasteiger partial charge >= 0.3 is 5.97 Å². The highest BCUT2D eigenvalue weighted by Gasteiger charge is 2.47. The first-order valence-electron chi connectivity index (χ1n) is 29.5. The van der Waals surface area contributed by atoms with E-state index in [2.05, 4.69) is 86.8 Å². The summed E-state index contributed by atoms with van der Waals surface area (Å²) in [5.74, 6) is -0.394. The summed E-state index contributed by atoms with van der Waals surface area (Å²) in [6.45, 7) is 3.44. The molecule has 0 radical (unpaired) electrons. The lowest BCUT2D eigenvalue weighted by Crippen LogP contribution is -2.61. The second kappa shape index (κ2) is 47.4. The van der Waals surface area contributed by atoms with Gasteiger partial charge in [0.05, 0.1) is 26.4 Å². The van der Waals surface area contributed by atoms with Crippen molar-refractivity contribution in [3.63, 3.8) is 0 Å². The van der Waals surface area contributed by atoms with E-state index < -0.39 is 86.7 Å². The van der Waals surface area contributed by atoms with Crippen molar-refractivity contribution >= 4 is 5.97 Å². The molecule has 2 fully saturated rings. The van der Waals surface area contributed by atoms with Crippen molar-refractivity contribution in [1.29, 1.82) is 0 Å². The summed E-state index contributed by atoms with van der Waals surface area (Å²) in [5.41, 5.74) is 0. The van der Waals surface area contributed by atoms with E-state index >= 15 is 0 Å². The van der Waals surface area contributed by atoms with Gasteiger partial charge in [0, 0.05) is 13.0 Å². The Morgan fingerprint density at radius 2 is 0.853 bits per heavy atom. The van der Waals surface area contributed by atoms with E-state index in [4.69, 9.17) is 28.4 Å². The quantitative estimate of drug-likeness (QED) is 0.0172. The molecule has 2 heterocycles. The number of carbonyl (C=O) groups is 1. The molecule has 2 aliphatic heterocycles. The van der Waals surface area contributed by atoms with Crippen LogP contribution in [0.4, 0.5) is 0 Å². The molecule has 2 saturated heterocycles. The number of hydrogen-bond acceptors (Lipinski definition) is 14. The first-order valence-corrected chi connectivity index (χ1v) is 29.5. The van der Waals surface area contributed by atoms with E-state index in [1.165, 1.54) is 109 Å². The maximum Gasteiger partial charge on any atom is 0.306 e. The molecule has 434 valence electrons. The fourth-order valence-electron chi connectivity index (χ4n) is 9.01. The number of rotatable bonds is 47. The summed E-state index contributed by atoms with van der Waals surface area (Å²) < 4.78 is 34.3. The molecule has 0 aromatic heterocycles. The van der Waals surface area contributed by atoms with E-state index in [0.717, 1.165) is 70.6 Å². The van der Waals surface area contributed by atoms with Gasteiger partial charge < -0.3 is 64.2 Å². The van der Waals surface area contributed by atoms with Crippen molar-refractivity contribution in [2.24, 2.45) is 0 Å². The highest BCUT2D eigenvalue weighted by Crippen LogP contribution is 2.27. The largest absolute Gasteiger partial charge is 0.457 e. The Hall–Kier alpha value is -2.57. The van der Waals surface area contributed by atoms with Crippen molar-refractivity contribution in [3.05, 3.63) is 72.9 Å². The van der Waals surface area contributed by atoms with Crippen LogP contribution in [0, 0.1) is 0 Å². The standard InChI is InChI=1S/C61H106O14/c1-3-5-7-9-11-13-15-17-19-21-23-25-26-28-30-32-34-36-38-40-42-44-53(63)73-50(47-70-45-43-41-39-37-35-33-31-29-27-24-22-20-18-16-14-12-10-8-6-4-2)48-71-60-59(69)57(67)55(65)52(75-60)49-72-61-58(68)56(66)54(64)51(46-62)74-61/h6,8,12,14,18,20,24,27,31,33,37,39,50-52,54-62,64-69H,3-5,7,9-11,13,15-17,19,21-23,25-26,28-30,32,34-36,38,40-49H2,1-2H3/b8-6-,14-12-,20-18-,27-24-,33-31-,39-37-. The minimum atomic E-state index is -1.72. The molecule has 14 heteroatoms. The first-order chi connectivity index (χ1) is 36.6. The normalized spacial score (nSPS) is 25.1. The molecule has 0 aromatic rings. The van der Waals surface area contributed by atoms with Crippen LogP contribution in [-0.2, 0) is 33.2 Å². The summed E-state index contributed by atoms with van der Waals surface area (Å²) in [7, 11) is 0. The van der Waals surface area contributed by atoms with Crippen LogP contribution in [0.25, 0.3) is 0 Å². The third kappa shape index (κ3) is 34.1. The molecule has 7 N–H and O–H groups in total. The molecule has 0 saturated carbocycles. The smallest absolute Gasteiger partial charge is 0.306 e. The molecule has 75 heavy (non-hydrogen) atoms. The van der Waals surface area contributed by atoms with Crippen LogP contribution in [0.3, 0.4) is 0 Å². The molecule has 0 aromatic carbocycles. The number of ether oxygens (including phenoxy) is 6. The summed E-state index contributed by atoms with van der Waals surface area (Å²) in [4.78, 5) is 13.1. The van der Waals surface area contributed by atoms with Gasteiger partial charge in [0.1, 0.15) is 54.9 Å². The van der Waals surface area contributed by atoms with Gasteiger partial charge in [-0.1, -0.05) is 215 Å². The molecule has 11 atom stereocenters. The molecule has 2 rings (SSSR count). The SMILES string of the molecule is CC/C=C\C/C=C\C/C=C\C/C=C\C/C=C\C/C=C\CCCOCC(COC1OC(COC2OC(CO)C(O)C(O)C2O)C(O)C(O)C1O)OC(=O)CCCCCCCCCCCCCCCCCCCCCCC. The predicted molar refractivity (Wildman–Crippen MR) is 298 cm³/mol. The van der Waals surface area contributed by atoms with Gasteiger partial charge in [0.15, 0.2) is 12.6 Å². The summed E-state index contributed by atoms with van der Waals surface area (Å²) >= 11 is 0. The Morgan fingerprint density at radius 1 is 0.453 bits per heavy atom. The van der Waals surface area contributed by atoms with Crippen LogP contribution >= 0.6 is 0 Å². The lowest BCUT2D eigenvalue weighted by molar-refractivity contribution is -0.332. The summed E-state index contributed by atoms with van der Waals surface area (Å²) in [6.07, 6.45) is 44.0. The van der Waals surface area contributed by atoms with Gasteiger partial charge in [0.2, 0.25) is 0 Å². The first kappa shape index (κ1) is 68.5. The Labute approximate surface area is 453 Å². The van der Waals surface area contributed by atoms with E-state index in [-0.39, 0.29) is 19.6 Å². The Kier molecular flexibility index (Phi) is 43.3. The van der Waals surface area contributed by atoms with E-state index in [9.17, 15) is 40.5 Å². The van der Waals surface area contributed by atoms with E-state index in [1.54, 1.807) is 0 Å². The fraction of sp³-hybridized carbons (Fsp3) is 0.787. The van der Waals surface area contributed by atoms with Crippen molar-refractivity contribution in [2.75, 3.05) is 33.0 Å². The third-order valence-electron chi connectivity index (χ3n) is 13.7. The average molecular weight is 1060 g/mol. The van der Waals surface area contributed by atoms with Crippen molar-refractivity contribution in [3.8, 4) is 0 Å². The zero-order chi connectivity index (χ0) is 54.4. The third-order valence-corrected chi connectivity index (χ3v) is 13.7. The summed E-state index contributed by atoms with van der Waals surface area (Å²) in [6, 6.07) is 0. The minimum Gasteiger partial charge on any atom is -0.457 e. The molecule has 0 aliphatic carbocycles. The Balaban J connectivity index is 1.74. The minimum absolute atomic E-state index is 0.0203. The number of aliphatic hydroxyl groups excluding tert-OH is 7. The van der Waals surface area contributed by atoms with Crippen molar-refractivity contribution < 1.29 is 69.0 Å². The van der Waals surface area contributed by atoms with Crippen molar-refractivity contribution in [1.82, 2.24) is 0 Å². The second-order valence-corrected chi connectivity index (χ2v) is 20.4. The zero-order valence-corrected chi connectivity index (χ0v) is 46.5. The van der Waals surface area contributed by atoms with Gasteiger partial charge in [-0.05, 0) is 57.8 Å². The second-order valence-electron chi connectivity index (χ2n) is 20.4. The maximum atomic E-state index is 13.1. The monoisotopic (exact) mass is 1060 g/mol. The number of allylic oxidation sites excluding steroid dienone is 12. The molecule has 11 unspecified atom stereocenters. The molecular formula is C61H106O14. The topological polar surface area (TPSA) is 214 Å². The molecule has 0 amide bonds. The van der Waals surface area contributed by atoms with Gasteiger partial charge in [0.25, 0.3) is 0 Å². The Bertz CT molecular complexity index is 1510. The van der Waals surface area contributed by atoms with Crippen molar-refractivity contribution in [2.45, 2.75) is 274 Å². The highest BCUT2D eigenvalue weighted by molar-refractivity contribution is 5.69. The predicted octanol–water partition coefficient (Wildman–Crippen LogP) is 10.6. The zero-order valence-electron chi connectivity index (χ0n) is 46.5. The molecule has 0 spiro atoms. The van der Waals surface area contributed by atoms with E-state index in [1.807, 2.05) is 0 Å². The maximum absolute atomic E-state index is 13.1. The lowest BCUT2D eigenvalue weighted by atomic mass is 9.98.